The molecule has 1 heterocycles. The molecule has 3 nitrogen and oxygen atoms in total. The Kier molecular flexibility index (Phi) is 5.91. The Hall–Kier alpha value is -0.380. The summed E-state index contributed by atoms with van der Waals surface area (Å²) in [5.74, 6) is 0. The van der Waals surface area contributed by atoms with Gasteiger partial charge in [0.1, 0.15) is 0 Å². The van der Waals surface area contributed by atoms with Gasteiger partial charge < -0.3 is 10.6 Å². The molecule has 0 aromatic heterocycles. The number of nitrogens with one attached hydrogen (secondary N) is 2. The highest BCUT2D eigenvalue weighted by Crippen LogP contribution is 2.07. The summed E-state index contributed by atoms with van der Waals surface area (Å²) in [6.07, 6.45) is 3.54. The van der Waals surface area contributed by atoms with E-state index in [9.17, 15) is 0 Å². The zero-order valence-electron chi connectivity index (χ0n) is 10.2. The van der Waals surface area contributed by atoms with Gasteiger partial charge in [0.15, 0.2) is 0 Å². The second kappa shape index (κ2) is 6.99. The van der Waals surface area contributed by atoms with Crippen molar-refractivity contribution >= 4 is 0 Å². The molecular weight excluding hydrogens is 186 g/mol. The zero-order chi connectivity index (χ0) is 11.1. The molecule has 0 saturated carbocycles. The molecule has 1 atom stereocenters. The Morgan fingerprint density at radius 3 is 3.07 bits per heavy atom. The van der Waals surface area contributed by atoms with Crippen LogP contribution in [-0.4, -0.2) is 44.3 Å². The molecule has 88 valence electrons. The number of nitrogens with zero attached hydrogens (tertiary/aromatic N) is 1. The summed E-state index contributed by atoms with van der Waals surface area (Å²) in [6, 6.07) is 0.455. The average Bonchev–Trinajstić information content (AvgIpc) is 2.30. The second-order valence-electron chi connectivity index (χ2n) is 4.46. The lowest BCUT2D eigenvalue weighted by Gasteiger charge is -2.20. The third kappa shape index (κ3) is 4.78. The van der Waals surface area contributed by atoms with Crippen LogP contribution in [0.3, 0.4) is 0 Å². The molecule has 1 saturated heterocycles. The van der Waals surface area contributed by atoms with Crippen molar-refractivity contribution in [1.29, 1.82) is 0 Å². The standard InChI is InChI=1S/C12H25N3/c1-4-6-11(2)12-9-13-10-15(3)8-5-7-14-12/h12-14H,2,4-10H2,1,3H3. The van der Waals surface area contributed by atoms with Gasteiger partial charge in [-0.25, -0.2) is 0 Å². The fourth-order valence-electron chi connectivity index (χ4n) is 1.96. The fraction of sp³-hybridized carbons (Fsp3) is 0.833. The summed E-state index contributed by atoms with van der Waals surface area (Å²) in [5, 5.41) is 7.05. The lowest BCUT2D eigenvalue weighted by Crippen LogP contribution is -2.41. The first kappa shape index (κ1) is 12.7. The predicted octanol–water partition coefficient (Wildman–Crippen LogP) is 1.18. The van der Waals surface area contributed by atoms with Gasteiger partial charge in [-0.3, -0.25) is 4.90 Å². The molecule has 1 unspecified atom stereocenters. The van der Waals surface area contributed by atoms with Crippen molar-refractivity contribution in [3.05, 3.63) is 12.2 Å². The Morgan fingerprint density at radius 2 is 2.33 bits per heavy atom. The van der Waals surface area contributed by atoms with Crippen molar-refractivity contribution in [1.82, 2.24) is 15.5 Å². The SMILES string of the molecule is C=C(CCC)C1CNCN(C)CCCN1. The minimum absolute atomic E-state index is 0.455. The van der Waals surface area contributed by atoms with Crippen molar-refractivity contribution in [2.45, 2.75) is 32.2 Å². The first-order valence-corrected chi connectivity index (χ1v) is 6.04. The van der Waals surface area contributed by atoms with Crippen LogP contribution < -0.4 is 10.6 Å². The van der Waals surface area contributed by atoms with Gasteiger partial charge in [-0.15, -0.1) is 0 Å². The third-order valence-corrected chi connectivity index (χ3v) is 2.90. The van der Waals surface area contributed by atoms with E-state index in [4.69, 9.17) is 0 Å². The largest absolute Gasteiger partial charge is 0.309 e. The highest BCUT2D eigenvalue weighted by molar-refractivity contribution is 5.06. The first-order chi connectivity index (χ1) is 7.24. The molecule has 1 fully saturated rings. The number of rotatable bonds is 3. The zero-order valence-corrected chi connectivity index (χ0v) is 10.2. The van der Waals surface area contributed by atoms with E-state index >= 15 is 0 Å². The van der Waals surface area contributed by atoms with Crippen LogP contribution in [0.4, 0.5) is 0 Å². The van der Waals surface area contributed by atoms with Gasteiger partial charge in [0.2, 0.25) is 0 Å². The summed E-state index contributed by atoms with van der Waals surface area (Å²) in [4.78, 5) is 2.33. The Bertz CT molecular complexity index is 191. The topological polar surface area (TPSA) is 27.3 Å². The first-order valence-electron chi connectivity index (χ1n) is 6.04. The minimum atomic E-state index is 0.455. The molecule has 0 bridgehead atoms. The molecule has 0 radical (unpaired) electrons. The van der Waals surface area contributed by atoms with Crippen LogP contribution in [0.5, 0.6) is 0 Å². The van der Waals surface area contributed by atoms with Crippen LogP contribution in [0.15, 0.2) is 12.2 Å². The average molecular weight is 211 g/mol. The van der Waals surface area contributed by atoms with Crippen molar-refractivity contribution in [3.63, 3.8) is 0 Å². The van der Waals surface area contributed by atoms with Gasteiger partial charge in [-0.1, -0.05) is 25.5 Å². The van der Waals surface area contributed by atoms with Gasteiger partial charge in [0, 0.05) is 25.8 Å². The Morgan fingerprint density at radius 1 is 1.53 bits per heavy atom. The van der Waals surface area contributed by atoms with E-state index in [1.54, 1.807) is 0 Å². The molecule has 1 aliphatic heterocycles. The summed E-state index contributed by atoms with van der Waals surface area (Å²) >= 11 is 0. The van der Waals surface area contributed by atoms with Crippen molar-refractivity contribution in [2.75, 3.05) is 33.4 Å². The molecule has 2 N–H and O–H groups in total. The molecular formula is C12H25N3. The Balaban J connectivity index is 2.39. The normalized spacial score (nSPS) is 25.3. The Labute approximate surface area is 93.9 Å². The van der Waals surface area contributed by atoms with Gasteiger partial charge in [0.25, 0.3) is 0 Å². The van der Waals surface area contributed by atoms with E-state index in [2.05, 4.69) is 36.1 Å². The van der Waals surface area contributed by atoms with Gasteiger partial charge in [0.05, 0.1) is 0 Å². The van der Waals surface area contributed by atoms with Crippen LogP contribution >= 0.6 is 0 Å². The molecule has 15 heavy (non-hydrogen) atoms. The molecule has 0 spiro atoms. The molecule has 0 aliphatic carbocycles. The van der Waals surface area contributed by atoms with E-state index in [0.29, 0.717) is 6.04 Å². The maximum absolute atomic E-state index is 4.17. The molecule has 3 heteroatoms. The monoisotopic (exact) mass is 211 g/mol. The van der Waals surface area contributed by atoms with Crippen molar-refractivity contribution in [3.8, 4) is 0 Å². The summed E-state index contributed by atoms with van der Waals surface area (Å²) in [5.41, 5.74) is 1.34. The van der Waals surface area contributed by atoms with Gasteiger partial charge in [-0.2, -0.15) is 0 Å². The van der Waals surface area contributed by atoms with Crippen LogP contribution in [0, 0.1) is 0 Å². The second-order valence-corrected chi connectivity index (χ2v) is 4.46. The van der Waals surface area contributed by atoms with E-state index in [1.165, 1.54) is 18.4 Å². The highest BCUT2D eigenvalue weighted by Gasteiger charge is 2.12. The van der Waals surface area contributed by atoms with Crippen LogP contribution in [0.1, 0.15) is 26.2 Å². The maximum Gasteiger partial charge on any atom is 0.0478 e. The van der Waals surface area contributed by atoms with E-state index in [0.717, 1.165) is 32.7 Å². The van der Waals surface area contributed by atoms with Gasteiger partial charge in [-0.05, 0) is 26.4 Å². The lowest BCUT2D eigenvalue weighted by molar-refractivity contribution is 0.311. The van der Waals surface area contributed by atoms with Crippen molar-refractivity contribution in [2.24, 2.45) is 0 Å². The maximum atomic E-state index is 4.17. The van der Waals surface area contributed by atoms with Gasteiger partial charge >= 0.3 is 0 Å². The molecule has 0 aromatic rings. The summed E-state index contributed by atoms with van der Waals surface area (Å²) < 4.78 is 0. The van der Waals surface area contributed by atoms with Crippen LogP contribution in [0.2, 0.25) is 0 Å². The number of hydrogen-bond acceptors (Lipinski definition) is 3. The summed E-state index contributed by atoms with van der Waals surface area (Å²) in [7, 11) is 2.16. The molecule has 1 aliphatic rings. The van der Waals surface area contributed by atoms with Crippen molar-refractivity contribution < 1.29 is 0 Å². The highest BCUT2D eigenvalue weighted by atomic mass is 15.2. The van der Waals surface area contributed by atoms with E-state index in [1.807, 2.05) is 0 Å². The lowest BCUT2D eigenvalue weighted by atomic mass is 10.0. The fourth-order valence-corrected chi connectivity index (χ4v) is 1.96. The van der Waals surface area contributed by atoms with Crippen LogP contribution in [0.25, 0.3) is 0 Å². The predicted molar refractivity (Wildman–Crippen MR) is 66.0 cm³/mol. The van der Waals surface area contributed by atoms with Crippen LogP contribution in [-0.2, 0) is 0 Å². The van der Waals surface area contributed by atoms with E-state index < -0.39 is 0 Å². The molecule has 0 amide bonds. The van der Waals surface area contributed by atoms with E-state index in [-0.39, 0.29) is 0 Å². The smallest absolute Gasteiger partial charge is 0.0478 e. The number of hydrogen-bond donors (Lipinski definition) is 2. The quantitative estimate of drug-likeness (QED) is 0.687. The summed E-state index contributed by atoms with van der Waals surface area (Å²) in [6.45, 7) is 10.6. The third-order valence-electron chi connectivity index (χ3n) is 2.90. The molecule has 1 rings (SSSR count). The molecule has 0 aromatic carbocycles. The minimum Gasteiger partial charge on any atom is -0.309 e.